The fraction of sp³-hybridized carbons (Fsp3) is 0.429. The molecule has 0 aliphatic carbocycles. The molecule has 0 bridgehead atoms. The van der Waals surface area contributed by atoms with Gasteiger partial charge in [0.05, 0.1) is 12.6 Å². The van der Waals surface area contributed by atoms with Crippen LogP contribution in [0.25, 0.3) is 0 Å². The zero-order chi connectivity index (χ0) is 14.4. The van der Waals surface area contributed by atoms with Crippen LogP contribution >= 0.6 is 0 Å². The first-order chi connectivity index (χ1) is 9.70. The van der Waals surface area contributed by atoms with Crippen LogP contribution in [-0.2, 0) is 4.79 Å². The number of benzene rings is 1. The van der Waals surface area contributed by atoms with Gasteiger partial charge in [0.15, 0.2) is 0 Å². The molecule has 0 unspecified atom stereocenters. The number of carbonyl (C=O) groups excluding carboxylic acids is 2. The van der Waals surface area contributed by atoms with Crippen LogP contribution in [0.3, 0.4) is 0 Å². The molecular weight excluding hydrogens is 258 g/mol. The fourth-order valence-corrected chi connectivity index (χ4v) is 2.11. The van der Waals surface area contributed by atoms with Crippen LogP contribution in [0.4, 0.5) is 5.69 Å². The molecule has 2 amide bonds. The molecule has 0 spiro atoms. The number of aliphatic hydroxyl groups excluding tert-OH is 1. The van der Waals surface area contributed by atoms with Crippen molar-refractivity contribution in [3.8, 4) is 0 Å². The Kier molecular flexibility index (Phi) is 5.09. The van der Waals surface area contributed by atoms with Crippen LogP contribution in [0.1, 0.15) is 23.2 Å². The second-order valence-electron chi connectivity index (χ2n) is 4.70. The van der Waals surface area contributed by atoms with Gasteiger partial charge in [-0.3, -0.25) is 9.59 Å². The highest BCUT2D eigenvalue weighted by Crippen LogP contribution is 2.12. The Morgan fingerprint density at radius 1 is 1.30 bits per heavy atom. The molecule has 6 heteroatoms. The van der Waals surface area contributed by atoms with E-state index in [1.165, 1.54) is 0 Å². The predicted molar refractivity (Wildman–Crippen MR) is 75.5 cm³/mol. The van der Waals surface area contributed by atoms with Gasteiger partial charge in [0.1, 0.15) is 0 Å². The summed E-state index contributed by atoms with van der Waals surface area (Å²) in [7, 11) is 0. The highest BCUT2D eigenvalue weighted by atomic mass is 16.3. The molecule has 1 aliphatic rings. The van der Waals surface area contributed by atoms with Gasteiger partial charge in [0.2, 0.25) is 5.91 Å². The lowest BCUT2D eigenvalue weighted by molar-refractivity contribution is -0.117. The minimum Gasteiger partial charge on any atom is -0.395 e. The number of rotatable bonds is 5. The maximum absolute atomic E-state index is 11.9. The molecule has 0 aromatic heterocycles. The summed E-state index contributed by atoms with van der Waals surface area (Å²) in [6.45, 7) is 1.01. The molecule has 1 saturated heterocycles. The van der Waals surface area contributed by atoms with E-state index in [-0.39, 0.29) is 31.0 Å². The van der Waals surface area contributed by atoms with Gasteiger partial charge < -0.3 is 21.1 Å². The Labute approximate surface area is 117 Å². The molecule has 20 heavy (non-hydrogen) atoms. The Hall–Kier alpha value is -1.92. The van der Waals surface area contributed by atoms with E-state index in [0.717, 1.165) is 19.4 Å². The minimum absolute atomic E-state index is 0.0417. The molecule has 1 fully saturated rings. The van der Waals surface area contributed by atoms with Gasteiger partial charge in [0, 0.05) is 17.8 Å². The molecule has 1 aromatic rings. The topological polar surface area (TPSA) is 90.5 Å². The highest BCUT2D eigenvalue weighted by molar-refractivity contribution is 5.97. The van der Waals surface area contributed by atoms with Crippen LogP contribution < -0.4 is 16.0 Å². The molecule has 1 heterocycles. The molecule has 1 aromatic carbocycles. The van der Waals surface area contributed by atoms with Crippen LogP contribution in [0.5, 0.6) is 0 Å². The van der Waals surface area contributed by atoms with Crippen molar-refractivity contribution in [1.82, 2.24) is 10.6 Å². The lowest BCUT2D eigenvalue weighted by atomic mass is 10.1. The Bertz CT molecular complexity index is 467. The smallest absolute Gasteiger partial charge is 0.251 e. The Balaban J connectivity index is 1.90. The monoisotopic (exact) mass is 277 g/mol. The molecule has 6 nitrogen and oxygen atoms in total. The maximum Gasteiger partial charge on any atom is 0.251 e. The predicted octanol–water partition coefficient (Wildman–Crippen LogP) is 0.0992. The third-order valence-electron chi connectivity index (χ3n) is 3.19. The van der Waals surface area contributed by atoms with E-state index in [1.807, 2.05) is 0 Å². The average Bonchev–Trinajstić information content (AvgIpc) is 3.00. The van der Waals surface area contributed by atoms with Gasteiger partial charge in [-0.15, -0.1) is 0 Å². The van der Waals surface area contributed by atoms with Gasteiger partial charge in [0.25, 0.3) is 5.91 Å². The largest absolute Gasteiger partial charge is 0.395 e. The molecule has 2 rings (SSSR count). The van der Waals surface area contributed by atoms with E-state index in [2.05, 4.69) is 16.0 Å². The van der Waals surface area contributed by atoms with E-state index < -0.39 is 0 Å². The summed E-state index contributed by atoms with van der Waals surface area (Å²) in [5.74, 6) is -0.283. The molecule has 108 valence electrons. The van der Waals surface area contributed by atoms with Gasteiger partial charge in [-0.25, -0.2) is 0 Å². The van der Waals surface area contributed by atoms with E-state index >= 15 is 0 Å². The summed E-state index contributed by atoms with van der Waals surface area (Å²) < 4.78 is 0. The number of nitrogens with one attached hydrogen (secondary N) is 3. The SMILES string of the molecule is O=C(NCCO)c1ccc(NC(=O)[C@H]2CCCN2)cc1. The molecule has 1 atom stereocenters. The van der Waals surface area contributed by atoms with Gasteiger partial charge in [-0.2, -0.15) is 0 Å². The summed E-state index contributed by atoms with van der Waals surface area (Å²) in [6.07, 6.45) is 1.87. The summed E-state index contributed by atoms with van der Waals surface area (Å²) in [5, 5.41) is 17.2. The van der Waals surface area contributed by atoms with Gasteiger partial charge >= 0.3 is 0 Å². The van der Waals surface area contributed by atoms with Crippen molar-refractivity contribution in [2.75, 3.05) is 25.0 Å². The Morgan fingerprint density at radius 3 is 2.65 bits per heavy atom. The first-order valence-corrected chi connectivity index (χ1v) is 6.74. The Morgan fingerprint density at radius 2 is 2.05 bits per heavy atom. The fourth-order valence-electron chi connectivity index (χ4n) is 2.11. The lowest BCUT2D eigenvalue weighted by Crippen LogP contribution is -2.35. The number of anilines is 1. The van der Waals surface area contributed by atoms with Crippen LogP contribution in [-0.4, -0.2) is 42.7 Å². The van der Waals surface area contributed by atoms with Crippen molar-refractivity contribution in [1.29, 1.82) is 0 Å². The van der Waals surface area contributed by atoms with E-state index in [4.69, 9.17) is 5.11 Å². The van der Waals surface area contributed by atoms with Crippen molar-refractivity contribution in [2.24, 2.45) is 0 Å². The van der Waals surface area contributed by atoms with Crippen molar-refractivity contribution < 1.29 is 14.7 Å². The van der Waals surface area contributed by atoms with Crippen LogP contribution in [0.15, 0.2) is 24.3 Å². The lowest BCUT2D eigenvalue weighted by Gasteiger charge is -2.11. The van der Waals surface area contributed by atoms with E-state index in [9.17, 15) is 9.59 Å². The molecule has 4 N–H and O–H groups in total. The second-order valence-corrected chi connectivity index (χ2v) is 4.70. The number of carbonyl (C=O) groups is 2. The van der Waals surface area contributed by atoms with Crippen LogP contribution in [0.2, 0.25) is 0 Å². The minimum atomic E-state index is -0.241. The van der Waals surface area contributed by atoms with E-state index in [1.54, 1.807) is 24.3 Å². The van der Waals surface area contributed by atoms with Crippen LogP contribution in [0, 0.1) is 0 Å². The second kappa shape index (κ2) is 7.02. The molecular formula is C14H19N3O3. The number of hydrogen-bond donors (Lipinski definition) is 4. The zero-order valence-corrected chi connectivity index (χ0v) is 11.2. The third kappa shape index (κ3) is 3.79. The molecule has 0 radical (unpaired) electrons. The van der Waals surface area contributed by atoms with Crippen molar-refractivity contribution in [2.45, 2.75) is 18.9 Å². The first-order valence-electron chi connectivity index (χ1n) is 6.74. The van der Waals surface area contributed by atoms with Crippen molar-refractivity contribution in [3.05, 3.63) is 29.8 Å². The summed E-state index contributed by atoms with van der Waals surface area (Å²) in [6, 6.07) is 6.55. The molecule has 1 aliphatic heterocycles. The number of hydrogen-bond acceptors (Lipinski definition) is 4. The third-order valence-corrected chi connectivity index (χ3v) is 3.19. The van der Waals surface area contributed by atoms with E-state index in [0.29, 0.717) is 11.3 Å². The summed E-state index contributed by atoms with van der Waals surface area (Å²) in [5.41, 5.74) is 1.16. The standard InChI is InChI=1S/C14H19N3O3/c18-9-8-16-13(19)10-3-5-11(6-4-10)17-14(20)12-2-1-7-15-12/h3-6,12,15,18H,1-2,7-9H2,(H,16,19)(H,17,20)/t12-/m1/s1. The van der Waals surface area contributed by atoms with Gasteiger partial charge in [-0.1, -0.05) is 0 Å². The molecule has 0 saturated carbocycles. The van der Waals surface area contributed by atoms with Crippen molar-refractivity contribution in [3.63, 3.8) is 0 Å². The van der Waals surface area contributed by atoms with Crippen molar-refractivity contribution >= 4 is 17.5 Å². The first kappa shape index (κ1) is 14.5. The quantitative estimate of drug-likeness (QED) is 0.614. The summed E-state index contributed by atoms with van der Waals surface area (Å²) in [4.78, 5) is 23.5. The highest BCUT2D eigenvalue weighted by Gasteiger charge is 2.21. The number of amides is 2. The van der Waals surface area contributed by atoms with Gasteiger partial charge in [-0.05, 0) is 43.7 Å². The number of aliphatic hydroxyl groups is 1. The maximum atomic E-state index is 11.9. The normalized spacial score (nSPS) is 17.8. The summed E-state index contributed by atoms with van der Waals surface area (Å²) >= 11 is 0. The average molecular weight is 277 g/mol. The zero-order valence-electron chi connectivity index (χ0n) is 11.2.